The number of para-hydroxylation sites is 1. The van der Waals surface area contributed by atoms with Crippen molar-refractivity contribution in [2.24, 2.45) is 0 Å². The molecule has 1 N–H and O–H groups in total. The smallest absolute Gasteiger partial charge is 0.451 e. The molecule has 3 saturated heterocycles. The summed E-state index contributed by atoms with van der Waals surface area (Å²) in [6.07, 6.45) is -4.12. The van der Waals surface area contributed by atoms with Crippen molar-refractivity contribution in [3.63, 3.8) is 0 Å². The van der Waals surface area contributed by atoms with Gasteiger partial charge in [-0.1, -0.05) is 18.1 Å². The highest BCUT2D eigenvalue weighted by molar-refractivity contribution is 6.06. The first-order chi connectivity index (χ1) is 21.6. The van der Waals surface area contributed by atoms with E-state index in [1.54, 1.807) is 37.4 Å². The number of morpholine rings is 1. The third-order valence-corrected chi connectivity index (χ3v) is 8.61. The Labute approximate surface area is 254 Å². The lowest BCUT2D eigenvalue weighted by Crippen LogP contribution is -2.68. The van der Waals surface area contributed by atoms with Crippen LogP contribution in [0.4, 0.5) is 24.7 Å². The molecule has 14 heteroatoms. The van der Waals surface area contributed by atoms with Crippen LogP contribution < -0.4 is 14.5 Å². The molecule has 6 heterocycles. The summed E-state index contributed by atoms with van der Waals surface area (Å²) in [5, 5.41) is 10.6. The van der Waals surface area contributed by atoms with Crippen LogP contribution >= 0.6 is 0 Å². The van der Waals surface area contributed by atoms with Crippen molar-refractivity contribution in [2.75, 3.05) is 42.7 Å². The minimum Gasteiger partial charge on any atom is -0.480 e. The number of fused-ring (bicyclic) bond motifs is 3. The van der Waals surface area contributed by atoms with Gasteiger partial charge in [0, 0.05) is 30.1 Å². The zero-order chi connectivity index (χ0) is 31.5. The molecule has 1 aromatic carbocycles. The van der Waals surface area contributed by atoms with Gasteiger partial charge in [-0.2, -0.15) is 13.2 Å². The lowest BCUT2D eigenvalue weighted by atomic mass is 9.90. The first-order valence-corrected chi connectivity index (χ1v) is 14.4. The van der Waals surface area contributed by atoms with Crippen molar-refractivity contribution < 1.29 is 41.7 Å². The van der Waals surface area contributed by atoms with E-state index in [2.05, 4.69) is 31.7 Å². The van der Waals surface area contributed by atoms with Gasteiger partial charge < -0.3 is 33.5 Å². The number of carboxylic acids is 1. The van der Waals surface area contributed by atoms with Gasteiger partial charge >= 0.3 is 12.1 Å². The number of rotatable bonds is 5. The monoisotopic (exact) mass is 623 g/mol. The predicted molar refractivity (Wildman–Crippen MR) is 155 cm³/mol. The van der Waals surface area contributed by atoms with Crippen LogP contribution in [0, 0.1) is 11.8 Å². The Morgan fingerprint density at radius 3 is 2.71 bits per heavy atom. The molecule has 11 nitrogen and oxygen atoms in total. The summed E-state index contributed by atoms with van der Waals surface area (Å²) in [6.45, 7) is 5.57. The van der Waals surface area contributed by atoms with E-state index in [1.807, 2.05) is 13.0 Å². The molecular formula is C31H28F3N5O6. The lowest BCUT2D eigenvalue weighted by molar-refractivity contribution is -0.228. The number of anilines is 2. The van der Waals surface area contributed by atoms with Crippen LogP contribution in [-0.4, -0.2) is 82.7 Å². The average Bonchev–Trinajstić information content (AvgIpc) is 3.58. The molecule has 0 saturated carbocycles. The van der Waals surface area contributed by atoms with Gasteiger partial charge in [0.05, 0.1) is 32.4 Å². The Hall–Kier alpha value is -4.61. The van der Waals surface area contributed by atoms with Crippen molar-refractivity contribution in [2.45, 2.75) is 50.2 Å². The topological polar surface area (TPSA) is 123 Å². The van der Waals surface area contributed by atoms with E-state index < -0.39 is 35.7 Å². The minimum atomic E-state index is -4.88. The summed E-state index contributed by atoms with van der Waals surface area (Å²) >= 11 is 0. The van der Waals surface area contributed by atoms with Gasteiger partial charge in [-0.3, -0.25) is 0 Å². The summed E-state index contributed by atoms with van der Waals surface area (Å²) in [6, 6.07) is 7.05. The van der Waals surface area contributed by atoms with Gasteiger partial charge in [-0.25, -0.2) is 19.7 Å². The van der Waals surface area contributed by atoms with Crippen molar-refractivity contribution in [3.05, 3.63) is 47.9 Å². The van der Waals surface area contributed by atoms with Gasteiger partial charge in [0.25, 0.3) is 0 Å². The van der Waals surface area contributed by atoms with Crippen molar-refractivity contribution >= 4 is 39.5 Å². The number of hydrogen-bond acceptors (Lipinski definition) is 10. The summed E-state index contributed by atoms with van der Waals surface area (Å²) in [5.74, 6) is 3.24. The van der Waals surface area contributed by atoms with Gasteiger partial charge in [0.2, 0.25) is 11.7 Å². The number of carbonyl (C=O) groups is 1. The molecule has 0 unspecified atom stereocenters. The predicted octanol–water partition coefficient (Wildman–Crippen LogP) is 4.27. The van der Waals surface area contributed by atoms with Gasteiger partial charge in [-0.05, 0) is 32.0 Å². The number of hydrogen-bond donors (Lipinski definition) is 1. The number of ether oxygens (including phenoxy) is 3. The highest BCUT2D eigenvalue weighted by Crippen LogP contribution is 2.41. The number of aromatic nitrogens is 3. The van der Waals surface area contributed by atoms with Crippen LogP contribution in [0.1, 0.15) is 31.7 Å². The van der Waals surface area contributed by atoms with Crippen molar-refractivity contribution in [1.82, 2.24) is 15.0 Å². The van der Waals surface area contributed by atoms with Gasteiger partial charge in [-0.15, -0.1) is 5.92 Å². The van der Waals surface area contributed by atoms with Crippen LogP contribution in [0.25, 0.3) is 22.1 Å². The third-order valence-electron chi connectivity index (χ3n) is 8.61. The fourth-order valence-electron chi connectivity index (χ4n) is 6.26. The lowest BCUT2D eigenvalue weighted by Gasteiger charge is -2.53. The molecule has 0 radical (unpaired) electrons. The summed E-state index contributed by atoms with van der Waals surface area (Å²) < 4.78 is 65.8. The maximum atomic E-state index is 14.0. The van der Waals surface area contributed by atoms with Crippen LogP contribution in [0.2, 0.25) is 0 Å². The Morgan fingerprint density at radius 2 is 2.00 bits per heavy atom. The second kappa shape index (κ2) is 10.8. The Kier molecular flexibility index (Phi) is 6.97. The maximum Gasteiger partial charge on any atom is 0.451 e. The molecule has 3 aliphatic rings. The summed E-state index contributed by atoms with van der Waals surface area (Å²) in [7, 11) is 0. The number of halogens is 3. The molecule has 0 bridgehead atoms. The van der Waals surface area contributed by atoms with Crippen LogP contribution in [0.15, 0.2) is 40.9 Å². The molecule has 3 atom stereocenters. The number of pyridine rings is 1. The first kappa shape index (κ1) is 29.1. The average molecular weight is 624 g/mol. The highest BCUT2D eigenvalue weighted by atomic mass is 19.4. The molecule has 0 aliphatic carbocycles. The second-order valence-corrected chi connectivity index (χ2v) is 11.3. The first-order valence-electron chi connectivity index (χ1n) is 14.4. The molecule has 0 amide bonds. The van der Waals surface area contributed by atoms with E-state index in [1.165, 1.54) is 4.90 Å². The number of alkyl halides is 3. The SMILES string of the molecule is CC#Cc1cnc(O[C@H]2C[C@@H](C(=O)O)N(c3nc(C(F)(F)F)nc4c3oc3ccccc34)C2)c(N2CCOC3(COC3)[C@@H]2C)c1. The highest BCUT2D eigenvalue weighted by Gasteiger charge is 2.50. The zero-order valence-electron chi connectivity index (χ0n) is 24.3. The van der Waals surface area contributed by atoms with Crippen LogP contribution in [-0.2, 0) is 20.4 Å². The van der Waals surface area contributed by atoms with E-state index in [9.17, 15) is 23.1 Å². The quantitative estimate of drug-likeness (QED) is 0.321. The second-order valence-electron chi connectivity index (χ2n) is 11.3. The number of benzene rings is 1. The third kappa shape index (κ3) is 4.96. The molecular weight excluding hydrogens is 595 g/mol. The minimum absolute atomic E-state index is 0.0347. The van der Waals surface area contributed by atoms with Crippen LogP contribution in [0.3, 0.4) is 0 Å². The van der Waals surface area contributed by atoms with E-state index in [-0.39, 0.29) is 41.8 Å². The Balaban J connectivity index is 1.26. The fraction of sp³-hybridized carbons (Fsp3) is 0.419. The number of nitrogens with zero attached hydrogens (tertiary/aromatic N) is 5. The van der Waals surface area contributed by atoms with Crippen molar-refractivity contribution in [3.8, 4) is 17.7 Å². The number of furan rings is 1. The standard InChI is InChI=1S/C31H28F3N5O6/c1-3-6-18-11-21(38-9-10-43-30(17(38)2)15-42-16-30)27(35-13-18)44-19-12-22(28(40)41)39(14-19)26-25-24(36-29(37-26)31(32,33)34)20-7-4-5-8-23(20)45-25/h4-5,7-8,11,13,17,19,22H,9-10,12,14-16H2,1-2H3,(H,40,41)/t17-,19-,22-/m0/s1. The molecule has 4 aromatic rings. The summed E-state index contributed by atoms with van der Waals surface area (Å²) in [4.78, 5) is 28.0. The molecule has 45 heavy (non-hydrogen) atoms. The molecule has 3 fully saturated rings. The van der Waals surface area contributed by atoms with Gasteiger partial charge in [0.15, 0.2) is 11.4 Å². The number of carboxylic acid groups (broad SMARTS) is 1. The van der Waals surface area contributed by atoms with E-state index in [0.717, 1.165) is 0 Å². The Bertz CT molecular complexity index is 1860. The molecule has 7 rings (SSSR count). The van der Waals surface area contributed by atoms with Crippen LogP contribution in [0.5, 0.6) is 5.88 Å². The summed E-state index contributed by atoms with van der Waals surface area (Å²) in [5.41, 5.74) is 1.07. The van der Waals surface area contributed by atoms with E-state index in [0.29, 0.717) is 48.6 Å². The van der Waals surface area contributed by atoms with E-state index >= 15 is 0 Å². The molecule has 3 aromatic heterocycles. The normalized spacial score (nSPS) is 22.8. The Morgan fingerprint density at radius 1 is 1.20 bits per heavy atom. The van der Waals surface area contributed by atoms with E-state index in [4.69, 9.17) is 18.6 Å². The van der Waals surface area contributed by atoms with Crippen molar-refractivity contribution in [1.29, 1.82) is 0 Å². The largest absolute Gasteiger partial charge is 0.480 e. The van der Waals surface area contributed by atoms with Gasteiger partial charge in [0.1, 0.15) is 34.5 Å². The zero-order valence-corrected chi connectivity index (χ0v) is 24.3. The molecule has 234 valence electrons. The number of aliphatic carboxylic acids is 1. The molecule has 3 aliphatic heterocycles. The maximum absolute atomic E-state index is 14.0. The molecule has 1 spiro atoms. The fourth-order valence-corrected chi connectivity index (χ4v) is 6.26.